The number of hydrogen-bond donors (Lipinski definition) is 2. The van der Waals surface area contributed by atoms with E-state index in [1.54, 1.807) is 18.3 Å². The predicted molar refractivity (Wildman–Crippen MR) is 72.3 cm³/mol. The molecule has 94 valence electrons. The van der Waals surface area contributed by atoms with Gasteiger partial charge in [-0.05, 0) is 36.6 Å². The maximum absolute atomic E-state index is 11.0. The Morgan fingerprint density at radius 2 is 2.35 bits per heavy atom. The molecular formula is C13H20N2OS. The Morgan fingerprint density at radius 3 is 3.00 bits per heavy atom. The summed E-state index contributed by atoms with van der Waals surface area (Å²) < 4.78 is 0. The molecule has 1 aromatic heterocycles. The molecule has 17 heavy (non-hydrogen) atoms. The van der Waals surface area contributed by atoms with Crippen LogP contribution in [-0.2, 0) is 11.3 Å². The molecule has 2 unspecified atom stereocenters. The molecule has 0 aromatic carbocycles. The van der Waals surface area contributed by atoms with Gasteiger partial charge in [0.1, 0.15) is 0 Å². The average molecular weight is 252 g/mol. The number of nitrogens with one attached hydrogen (secondary N) is 2. The van der Waals surface area contributed by atoms with Gasteiger partial charge >= 0.3 is 0 Å². The average Bonchev–Trinajstić information content (AvgIpc) is 2.84. The van der Waals surface area contributed by atoms with Crippen molar-refractivity contribution in [1.82, 2.24) is 5.32 Å². The van der Waals surface area contributed by atoms with Gasteiger partial charge in [-0.2, -0.15) is 0 Å². The van der Waals surface area contributed by atoms with Crippen LogP contribution in [0, 0.1) is 5.92 Å². The molecule has 0 aliphatic heterocycles. The normalized spacial score (nSPS) is 23.9. The van der Waals surface area contributed by atoms with Crippen LogP contribution in [-0.4, -0.2) is 11.9 Å². The molecule has 2 rings (SSSR count). The number of anilines is 1. The molecule has 0 spiro atoms. The molecule has 0 saturated heterocycles. The number of rotatable bonds is 4. The van der Waals surface area contributed by atoms with Crippen molar-refractivity contribution in [2.24, 2.45) is 5.92 Å². The van der Waals surface area contributed by atoms with Crippen LogP contribution in [0.5, 0.6) is 0 Å². The van der Waals surface area contributed by atoms with E-state index in [0.717, 1.165) is 18.2 Å². The summed E-state index contributed by atoms with van der Waals surface area (Å²) in [5.74, 6) is 0.852. The van der Waals surface area contributed by atoms with Crippen LogP contribution < -0.4 is 10.6 Å². The molecular weight excluding hydrogens is 232 g/mol. The second kappa shape index (κ2) is 5.65. The van der Waals surface area contributed by atoms with Crippen LogP contribution in [0.4, 0.5) is 5.69 Å². The van der Waals surface area contributed by atoms with Gasteiger partial charge in [-0.3, -0.25) is 4.79 Å². The lowest BCUT2D eigenvalue weighted by atomic mass is 10.1. The van der Waals surface area contributed by atoms with Crippen LogP contribution in [0.1, 0.15) is 38.0 Å². The summed E-state index contributed by atoms with van der Waals surface area (Å²) >= 11 is 1.70. The highest BCUT2D eigenvalue weighted by Crippen LogP contribution is 2.26. The summed E-state index contributed by atoms with van der Waals surface area (Å²) in [4.78, 5) is 12.3. The first-order valence-corrected chi connectivity index (χ1v) is 7.10. The second-order valence-electron chi connectivity index (χ2n) is 4.93. The molecule has 1 amide bonds. The first kappa shape index (κ1) is 12.6. The Hall–Kier alpha value is -0.870. The third-order valence-electron chi connectivity index (χ3n) is 3.30. The maximum atomic E-state index is 11.0. The SMILES string of the molecule is CC(=O)Nc1ccsc1CNC1CCC(C)C1. The molecule has 1 aliphatic rings. The molecule has 2 N–H and O–H groups in total. The van der Waals surface area contributed by atoms with Crippen molar-refractivity contribution < 1.29 is 4.79 Å². The minimum absolute atomic E-state index is 0.000798. The molecule has 1 fully saturated rings. The standard InChI is InChI=1S/C13H20N2OS/c1-9-3-4-11(7-9)14-8-13-12(5-6-17-13)15-10(2)16/h5-6,9,11,14H,3-4,7-8H2,1-2H3,(H,15,16). The topological polar surface area (TPSA) is 41.1 Å². The van der Waals surface area contributed by atoms with Gasteiger partial charge in [0.25, 0.3) is 0 Å². The van der Waals surface area contributed by atoms with Gasteiger partial charge in [0.2, 0.25) is 5.91 Å². The number of thiophene rings is 1. The molecule has 1 saturated carbocycles. The molecule has 3 nitrogen and oxygen atoms in total. The molecule has 1 aliphatic carbocycles. The fourth-order valence-electron chi connectivity index (χ4n) is 2.41. The number of carbonyl (C=O) groups is 1. The van der Waals surface area contributed by atoms with Gasteiger partial charge < -0.3 is 10.6 Å². The molecule has 0 bridgehead atoms. The zero-order valence-electron chi connectivity index (χ0n) is 10.5. The number of hydrogen-bond acceptors (Lipinski definition) is 3. The summed E-state index contributed by atoms with van der Waals surface area (Å²) in [6.07, 6.45) is 3.89. The van der Waals surface area contributed by atoms with Gasteiger partial charge in [0, 0.05) is 24.4 Å². The van der Waals surface area contributed by atoms with Crippen molar-refractivity contribution >= 4 is 22.9 Å². The third kappa shape index (κ3) is 3.54. The van der Waals surface area contributed by atoms with Crippen LogP contribution in [0.3, 0.4) is 0 Å². The number of amides is 1. The van der Waals surface area contributed by atoms with Crippen molar-refractivity contribution in [3.63, 3.8) is 0 Å². The van der Waals surface area contributed by atoms with Crippen LogP contribution in [0.25, 0.3) is 0 Å². The lowest BCUT2D eigenvalue weighted by molar-refractivity contribution is -0.114. The molecule has 0 radical (unpaired) electrons. The Bertz CT molecular complexity index is 389. The Kier molecular flexibility index (Phi) is 4.18. The van der Waals surface area contributed by atoms with E-state index >= 15 is 0 Å². The summed E-state index contributed by atoms with van der Waals surface area (Å²) in [6, 6.07) is 2.62. The predicted octanol–water partition coefficient (Wildman–Crippen LogP) is 2.98. The van der Waals surface area contributed by atoms with Crippen LogP contribution >= 0.6 is 11.3 Å². The summed E-state index contributed by atoms with van der Waals surface area (Å²) in [5, 5.41) is 8.48. The van der Waals surface area contributed by atoms with E-state index in [-0.39, 0.29) is 5.91 Å². The highest BCUT2D eigenvalue weighted by molar-refractivity contribution is 7.10. The Morgan fingerprint density at radius 1 is 1.53 bits per heavy atom. The molecule has 2 atom stereocenters. The fraction of sp³-hybridized carbons (Fsp3) is 0.615. The lowest BCUT2D eigenvalue weighted by Gasteiger charge is -2.12. The van der Waals surface area contributed by atoms with E-state index in [0.29, 0.717) is 6.04 Å². The van der Waals surface area contributed by atoms with Crippen LogP contribution in [0.2, 0.25) is 0 Å². The first-order chi connectivity index (χ1) is 8.15. The lowest BCUT2D eigenvalue weighted by Crippen LogP contribution is -2.25. The van der Waals surface area contributed by atoms with Gasteiger partial charge in [0.15, 0.2) is 0 Å². The summed E-state index contributed by atoms with van der Waals surface area (Å²) in [6.45, 7) is 4.73. The second-order valence-corrected chi connectivity index (χ2v) is 5.94. The van der Waals surface area contributed by atoms with E-state index in [1.807, 2.05) is 11.4 Å². The van der Waals surface area contributed by atoms with E-state index in [4.69, 9.17) is 0 Å². The van der Waals surface area contributed by atoms with E-state index < -0.39 is 0 Å². The minimum Gasteiger partial charge on any atom is -0.325 e. The highest BCUT2D eigenvalue weighted by Gasteiger charge is 2.20. The van der Waals surface area contributed by atoms with E-state index in [9.17, 15) is 4.79 Å². The molecule has 4 heteroatoms. The Balaban J connectivity index is 1.86. The monoisotopic (exact) mass is 252 g/mol. The first-order valence-electron chi connectivity index (χ1n) is 6.22. The van der Waals surface area contributed by atoms with Crippen molar-refractivity contribution in [3.8, 4) is 0 Å². The maximum Gasteiger partial charge on any atom is 0.221 e. The quantitative estimate of drug-likeness (QED) is 0.865. The van der Waals surface area contributed by atoms with Gasteiger partial charge in [-0.15, -0.1) is 11.3 Å². The highest BCUT2D eigenvalue weighted by atomic mass is 32.1. The molecule has 1 aromatic rings. The number of carbonyl (C=O) groups excluding carboxylic acids is 1. The zero-order chi connectivity index (χ0) is 12.3. The summed E-state index contributed by atoms with van der Waals surface area (Å²) in [7, 11) is 0. The van der Waals surface area contributed by atoms with Gasteiger partial charge in [-0.1, -0.05) is 6.92 Å². The minimum atomic E-state index is -0.000798. The summed E-state index contributed by atoms with van der Waals surface area (Å²) in [5.41, 5.74) is 0.959. The smallest absolute Gasteiger partial charge is 0.221 e. The zero-order valence-corrected chi connectivity index (χ0v) is 11.3. The van der Waals surface area contributed by atoms with Crippen molar-refractivity contribution in [2.75, 3.05) is 5.32 Å². The largest absolute Gasteiger partial charge is 0.325 e. The van der Waals surface area contributed by atoms with E-state index in [2.05, 4.69) is 17.6 Å². The van der Waals surface area contributed by atoms with Gasteiger partial charge in [-0.25, -0.2) is 0 Å². The van der Waals surface area contributed by atoms with E-state index in [1.165, 1.54) is 24.1 Å². The Labute approximate surface area is 107 Å². The van der Waals surface area contributed by atoms with Crippen molar-refractivity contribution in [2.45, 2.75) is 45.7 Å². The fourth-order valence-corrected chi connectivity index (χ4v) is 3.19. The van der Waals surface area contributed by atoms with Crippen molar-refractivity contribution in [3.05, 3.63) is 16.3 Å². The van der Waals surface area contributed by atoms with Crippen LogP contribution in [0.15, 0.2) is 11.4 Å². The molecule has 1 heterocycles. The third-order valence-corrected chi connectivity index (χ3v) is 4.22. The van der Waals surface area contributed by atoms with Crippen molar-refractivity contribution in [1.29, 1.82) is 0 Å². The van der Waals surface area contributed by atoms with Gasteiger partial charge in [0.05, 0.1) is 5.69 Å².